The Labute approximate surface area is 111 Å². The van der Waals surface area contributed by atoms with Crippen LogP contribution in [0.5, 0.6) is 5.88 Å². The van der Waals surface area contributed by atoms with Crippen molar-refractivity contribution in [2.24, 2.45) is 5.73 Å². The number of rotatable bonds is 4. The Morgan fingerprint density at radius 3 is 2.67 bits per heavy atom. The van der Waals surface area contributed by atoms with Gasteiger partial charge in [0, 0.05) is 0 Å². The molecule has 0 fully saturated rings. The van der Waals surface area contributed by atoms with Crippen molar-refractivity contribution in [2.45, 2.75) is 13.0 Å². The Hall–Kier alpha value is -2.01. The highest BCUT2D eigenvalue weighted by atomic mass is 32.1. The van der Waals surface area contributed by atoms with Crippen LogP contribution >= 0.6 is 12.2 Å². The molecule has 1 aromatic carbocycles. The largest absolute Gasteiger partial charge is 0.468 e. The Balaban J connectivity index is 2.22. The number of hydrogen-bond donors (Lipinski definition) is 1. The van der Waals surface area contributed by atoms with Crippen LogP contribution in [0.4, 0.5) is 0 Å². The molecule has 1 heterocycles. The maximum absolute atomic E-state index is 5.75. The van der Waals surface area contributed by atoms with Gasteiger partial charge in [0.15, 0.2) is 0 Å². The van der Waals surface area contributed by atoms with E-state index in [0.717, 1.165) is 5.56 Å². The van der Waals surface area contributed by atoms with E-state index in [9.17, 15) is 0 Å². The Morgan fingerprint density at radius 2 is 2.00 bits per heavy atom. The van der Waals surface area contributed by atoms with Gasteiger partial charge in [-0.2, -0.15) is 5.10 Å². The fraction of sp³-hybridized carbons (Fsp3) is 0.154. The molecule has 0 amide bonds. The van der Waals surface area contributed by atoms with Gasteiger partial charge >= 0.3 is 0 Å². The molecule has 1 atom stereocenters. The van der Waals surface area contributed by atoms with Crippen LogP contribution in [0, 0.1) is 0 Å². The zero-order valence-electron chi connectivity index (χ0n) is 9.91. The van der Waals surface area contributed by atoms with E-state index in [-0.39, 0.29) is 11.1 Å². The molecule has 2 N–H and O–H groups in total. The fourth-order valence-corrected chi connectivity index (χ4v) is 1.71. The zero-order chi connectivity index (χ0) is 13.0. The van der Waals surface area contributed by atoms with Crippen LogP contribution < -0.4 is 10.5 Å². The SMILES string of the molecule is CC(Oc1nnccc1C(N)=S)c1ccccc1. The third kappa shape index (κ3) is 2.81. The lowest BCUT2D eigenvalue weighted by atomic mass is 10.1. The topological polar surface area (TPSA) is 61.0 Å². The summed E-state index contributed by atoms with van der Waals surface area (Å²) in [5.74, 6) is 0.362. The average Bonchev–Trinajstić information content (AvgIpc) is 2.40. The molecule has 4 nitrogen and oxygen atoms in total. The van der Waals surface area contributed by atoms with Crippen LogP contribution in [0.3, 0.4) is 0 Å². The first-order valence-corrected chi connectivity index (χ1v) is 5.92. The summed E-state index contributed by atoms with van der Waals surface area (Å²) in [7, 11) is 0. The maximum atomic E-state index is 5.75. The van der Waals surface area contributed by atoms with Gasteiger partial charge < -0.3 is 10.5 Å². The van der Waals surface area contributed by atoms with E-state index < -0.39 is 0 Å². The molecule has 92 valence electrons. The Bertz CT molecular complexity index is 545. The Kier molecular flexibility index (Phi) is 3.84. The molecule has 0 radical (unpaired) electrons. The lowest BCUT2D eigenvalue weighted by Crippen LogP contribution is -2.14. The van der Waals surface area contributed by atoms with Gasteiger partial charge in [0.25, 0.3) is 0 Å². The van der Waals surface area contributed by atoms with Crippen LogP contribution in [-0.2, 0) is 0 Å². The van der Waals surface area contributed by atoms with Crippen molar-refractivity contribution in [3.05, 3.63) is 53.7 Å². The van der Waals surface area contributed by atoms with Crippen LogP contribution in [0.1, 0.15) is 24.2 Å². The van der Waals surface area contributed by atoms with Crippen LogP contribution in [0.2, 0.25) is 0 Å². The monoisotopic (exact) mass is 259 g/mol. The molecule has 1 unspecified atom stereocenters. The van der Waals surface area contributed by atoms with E-state index in [1.54, 1.807) is 6.07 Å². The number of aromatic nitrogens is 2. The van der Waals surface area contributed by atoms with E-state index in [1.807, 2.05) is 37.3 Å². The maximum Gasteiger partial charge on any atom is 0.244 e. The number of thiocarbonyl (C=S) groups is 1. The molecule has 5 heteroatoms. The van der Waals surface area contributed by atoms with Crippen molar-refractivity contribution >= 4 is 17.2 Å². The van der Waals surface area contributed by atoms with Crippen molar-refractivity contribution in [3.8, 4) is 5.88 Å². The predicted molar refractivity (Wildman–Crippen MR) is 73.4 cm³/mol. The molecular weight excluding hydrogens is 246 g/mol. The number of nitrogens with two attached hydrogens (primary N) is 1. The van der Waals surface area contributed by atoms with Gasteiger partial charge in [0.05, 0.1) is 11.8 Å². The molecule has 1 aromatic heterocycles. The molecule has 0 saturated carbocycles. The number of ether oxygens (including phenoxy) is 1. The van der Waals surface area contributed by atoms with E-state index >= 15 is 0 Å². The molecule has 0 aliphatic heterocycles. The normalized spacial score (nSPS) is 11.8. The second-order valence-corrected chi connectivity index (χ2v) is 4.22. The quantitative estimate of drug-likeness (QED) is 0.853. The summed E-state index contributed by atoms with van der Waals surface area (Å²) in [5.41, 5.74) is 7.27. The van der Waals surface area contributed by atoms with Gasteiger partial charge in [-0.3, -0.25) is 0 Å². The standard InChI is InChI=1S/C13H13N3OS/c1-9(10-5-3-2-4-6-10)17-13-11(12(14)18)7-8-15-16-13/h2-9H,1H3,(H2,14,18). The van der Waals surface area contributed by atoms with E-state index in [1.165, 1.54) is 6.20 Å². The minimum absolute atomic E-state index is 0.143. The number of nitrogens with zero attached hydrogens (tertiary/aromatic N) is 2. The van der Waals surface area contributed by atoms with E-state index in [4.69, 9.17) is 22.7 Å². The first-order valence-electron chi connectivity index (χ1n) is 5.51. The summed E-state index contributed by atoms with van der Waals surface area (Å²) >= 11 is 4.95. The minimum Gasteiger partial charge on any atom is -0.468 e. The molecule has 0 aliphatic rings. The van der Waals surface area contributed by atoms with Crippen molar-refractivity contribution in [1.29, 1.82) is 0 Å². The summed E-state index contributed by atoms with van der Waals surface area (Å²) < 4.78 is 5.75. The molecule has 18 heavy (non-hydrogen) atoms. The molecule has 0 aliphatic carbocycles. The molecule has 2 rings (SSSR count). The zero-order valence-corrected chi connectivity index (χ0v) is 10.7. The highest BCUT2D eigenvalue weighted by Crippen LogP contribution is 2.22. The van der Waals surface area contributed by atoms with Gasteiger partial charge in [-0.25, -0.2) is 0 Å². The van der Waals surface area contributed by atoms with Crippen molar-refractivity contribution in [1.82, 2.24) is 10.2 Å². The smallest absolute Gasteiger partial charge is 0.244 e. The van der Waals surface area contributed by atoms with E-state index in [2.05, 4.69) is 10.2 Å². The lowest BCUT2D eigenvalue weighted by molar-refractivity contribution is 0.214. The van der Waals surface area contributed by atoms with Gasteiger partial charge in [-0.15, -0.1) is 5.10 Å². The summed E-state index contributed by atoms with van der Waals surface area (Å²) in [6.45, 7) is 1.94. The molecule has 2 aromatic rings. The molecule has 0 spiro atoms. The molecular formula is C13H13N3OS. The van der Waals surface area contributed by atoms with Gasteiger partial charge in [0.1, 0.15) is 11.1 Å². The van der Waals surface area contributed by atoms with Gasteiger partial charge in [0.2, 0.25) is 5.88 Å². The average molecular weight is 259 g/mol. The third-order valence-electron chi connectivity index (χ3n) is 2.51. The molecule has 0 bridgehead atoms. The van der Waals surface area contributed by atoms with Crippen molar-refractivity contribution in [3.63, 3.8) is 0 Å². The summed E-state index contributed by atoms with van der Waals surface area (Å²) in [5, 5.41) is 7.71. The van der Waals surface area contributed by atoms with Crippen molar-refractivity contribution < 1.29 is 4.74 Å². The first kappa shape index (κ1) is 12.4. The van der Waals surface area contributed by atoms with Crippen molar-refractivity contribution in [2.75, 3.05) is 0 Å². The summed E-state index contributed by atoms with van der Waals surface area (Å²) in [6.07, 6.45) is 1.39. The summed E-state index contributed by atoms with van der Waals surface area (Å²) in [4.78, 5) is 0.250. The second-order valence-electron chi connectivity index (χ2n) is 3.79. The van der Waals surface area contributed by atoms with Crippen LogP contribution in [0.15, 0.2) is 42.6 Å². The van der Waals surface area contributed by atoms with Gasteiger partial charge in [-0.1, -0.05) is 42.5 Å². The van der Waals surface area contributed by atoms with Crippen LogP contribution in [-0.4, -0.2) is 15.2 Å². The fourth-order valence-electron chi connectivity index (χ4n) is 1.55. The summed E-state index contributed by atoms with van der Waals surface area (Å²) in [6, 6.07) is 11.5. The highest BCUT2D eigenvalue weighted by molar-refractivity contribution is 7.80. The lowest BCUT2D eigenvalue weighted by Gasteiger charge is -2.15. The predicted octanol–water partition coefficient (Wildman–Crippen LogP) is 2.25. The number of hydrogen-bond acceptors (Lipinski definition) is 4. The first-order chi connectivity index (χ1) is 8.68. The third-order valence-corrected chi connectivity index (χ3v) is 2.73. The van der Waals surface area contributed by atoms with Gasteiger partial charge in [-0.05, 0) is 18.6 Å². The highest BCUT2D eigenvalue weighted by Gasteiger charge is 2.13. The second kappa shape index (κ2) is 5.55. The number of benzene rings is 1. The van der Waals surface area contributed by atoms with Crippen LogP contribution in [0.25, 0.3) is 0 Å². The minimum atomic E-state index is -0.143. The molecule has 0 saturated heterocycles. The Morgan fingerprint density at radius 1 is 1.28 bits per heavy atom. The van der Waals surface area contributed by atoms with E-state index in [0.29, 0.717) is 11.4 Å².